The third-order valence-corrected chi connectivity index (χ3v) is 4.61. The number of rotatable bonds is 5. The number of hydrogen-bond donors (Lipinski definition) is 0. The van der Waals surface area contributed by atoms with E-state index in [-0.39, 0.29) is 0 Å². The molecule has 2 rings (SSSR count). The lowest BCUT2D eigenvalue weighted by atomic mass is 9.88. The zero-order chi connectivity index (χ0) is 14.5. The van der Waals surface area contributed by atoms with E-state index in [2.05, 4.69) is 66.4 Å². The molecule has 0 N–H and O–H groups in total. The number of benzene rings is 2. The lowest BCUT2D eigenvalue weighted by Crippen LogP contribution is -2.12. The first-order chi connectivity index (χ1) is 9.71. The van der Waals surface area contributed by atoms with Crippen LogP contribution in [0.15, 0.2) is 36.4 Å². The molecule has 20 heavy (non-hydrogen) atoms. The van der Waals surface area contributed by atoms with Gasteiger partial charge in [-0.15, -0.1) is 9.24 Å². The van der Waals surface area contributed by atoms with Gasteiger partial charge in [0.2, 0.25) is 0 Å². The van der Waals surface area contributed by atoms with E-state index in [1.54, 1.807) is 11.1 Å². The Kier molecular flexibility index (Phi) is 5.38. The summed E-state index contributed by atoms with van der Waals surface area (Å²) in [6.07, 6.45) is 4.43. The molecule has 0 heterocycles. The summed E-state index contributed by atoms with van der Waals surface area (Å²) in [5.41, 5.74) is 7.58. The fourth-order valence-corrected chi connectivity index (χ4v) is 3.75. The summed E-state index contributed by atoms with van der Waals surface area (Å²) < 4.78 is 0. The monoisotopic (exact) mass is 284 g/mol. The standard InChI is InChI=1S/C19H25P/c1-4-16-15(12-14-10-8-7-9-11-14)13-19(20)18(6-3)17(16)5-2/h7-11,13H,4-6,12,20H2,1-3H3. The molecular formula is C19H25P. The lowest BCUT2D eigenvalue weighted by molar-refractivity contribution is 0.960. The SMILES string of the molecule is CCc1c(P)cc(Cc2ccccc2)c(CC)c1CC. The zero-order valence-electron chi connectivity index (χ0n) is 12.9. The van der Waals surface area contributed by atoms with Crippen LogP contribution in [0.3, 0.4) is 0 Å². The van der Waals surface area contributed by atoms with Crippen molar-refractivity contribution in [1.29, 1.82) is 0 Å². The van der Waals surface area contributed by atoms with E-state index >= 15 is 0 Å². The predicted molar refractivity (Wildman–Crippen MR) is 93.2 cm³/mol. The Bertz CT molecular complexity index is 570. The summed E-state index contributed by atoms with van der Waals surface area (Å²) in [6.45, 7) is 6.83. The van der Waals surface area contributed by atoms with Crippen molar-refractivity contribution < 1.29 is 0 Å². The average Bonchev–Trinajstić information content (AvgIpc) is 2.47. The van der Waals surface area contributed by atoms with E-state index in [0.717, 1.165) is 25.7 Å². The Balaban J connectivity index is 2.50. The molecular weight excluding hydrogens is 259 g/mol. The van der Waals surface area contributed by atoms with Crippen LogP contribution >= 0.6 is 9.24 Å². The summed E-state index contributed by atoms with van der Waals surface area (Å²) in [6, 6.07) is 13.2. The maximum atomic E-state index is 2.94. The van der Waals surface area contributed by atoms with Crippen molar-refractivity contribution >= 4 is 14.5 Å². The molecule has 0 aliphatic rings. The van der Waals surface area contributed by atoms with Crippen molar-refractivity contribution in [2.24, 2.45) is 0 Å². The molecule has 106 valence electrons. The van der Waals surface area contributed by atoms with E-state index in [4.69, 9.17) is 0 Å². The summed E-state index contributed by atoms with van der Waals surface area (Å²) >= 11 is 0. The minimum absolute atomic E-state index is 1.04. The highest BCUT2D eigenvalue weighted by Crippen LogP contribution is 2.24. The molecule has 0 aliphatic carbocycles. The molecule has 0 saturated carbocycles. The quantitative estimate of drug-likeness (QED) is 0.711. The molecule has 1 atom stereocenters. The van der Waals surface area contributed by atoms with E-state index in [1.807, 2.05) is 0 Å². The highest BCUT2D eigenvalue weighted by Gasteiger charge is 2.13. The molecule has 0 aliphatic heterocycles. The molecule has 0 bridgehead atoms. The van der Waals surface area contributed by atoms with E-state index in [0.29, 0.717) is 0 Å². The van der Waals surface area contributed by atoms with Crippen LogP contribution in [0.5, 0.6) is 0 Å². The minimum Gasteiger partial charge on any atom is -0.105 e. The van der Waals surface area contributed by atoms with Gasteiger partial charge in [0, 0.05) is 0 Å². The molecule has 0 saturated heterocycles. The largest absolute Gasteiger partial charge is 0.105 e. The van der Waals surface area contributed by atoms with Gasteiger partial charge in [-0.05, 0) is 58.8 Å². The van der Waals surface area contributed by atoms with E-state index < -0.39 is 0 Å². The Morgan fingerprint density at radius 1 is 0.800 bits per heavy atom. The van der Waals surface area contributed by atoms with Gasteiger partial charge in [-0.1, -0.05) is 57.2 Å². The smallest absolute Gasteiger partial charge is 0.00227 e. The highest BCUT2D eigenvalue weighted by atomic mass is 31.0. The molecule has 1 unspecified atom stereocenters. The minimum atomic E-state index is 1.04. The van der Waals surface area contributed by atoms with Crippen LogP contribution in [0.4, 0.5) is 0 Å². The van der Waals surface area contributed by atoms with Gasteiger partial charge in [-0.3, -0.25) is 0 Å². The van der Waals surface area contributed by atoms with Crippen LogP contribution in [0.25, 0.3) is 0 Å². The Hall–Kier alpha value is -1.13. The first kappa shape index (κ1) is 15.3. The van der Waals surface area contributed by atoms with Gasteiger partial charge in [-0.25, -0.2) is 0 Å². The van der Waals surface area contributed by atoms with Crippen LogP contribution in [-0.2, 0) is 25.7 Å². The lowest BCUT2D eigenvalue weighted by Gasteiger charge is -2.19. The van der Waals surface area contributed by atoms with E-state index in [1.165, 1.54) is 22.0 Å². The van der Waals surface area contributed by atoms with Crippen molar-refractivity contribution in [3.05, 3.63) is 64.2 Å². The highest BCUT2D eigenvalue weighted by molar-refractivity contribution is 7.27. The fraction of sp³-hybridized carbons (Fsp3) is 0.368. The second-order valence-corrected chi connectivity index (χ2v) is 5.91. The molecule has 1 heteroatoms. The number of hydrogen-bond acceptors (Lipinski definition) is 0. The second kappa shape index (κ2) is 7.04. The second-order valence-electron chi connectivity index (χ2n) is 5.28. The third kappa shape index (κ3) is 3.13. The van der Waals surface area contributed by atoms with Gasteiger partial charge in [0.15, 0.2) is 0 Å². The van der Waals surface area contributed by atoms with Gasteiger partial charge in [0.1, 0.15) is 0 Å². The molecule has 0 fully saturated rings. The molecule has 0 amide bonds. The normalized spacial score (nSPS) is 10.8. The van der Waals surface area contributed by atoms with Gasteiger partial charge in [0.25, 0.3) is 0 Å². The van der Waals surface area contributed by atoms with Gasteiger partial charge < -0.3 is 0 Å². The first-order valence-electron chi connectivity index (χ1n) is 7.67. The maximum Gasteiger partial charge on any atom is -0.00227 e. The fourth-order valence-electron chi connectivity index (χ4n) is 3.17. The van der Waals surface area contributed by atoms with Crippen LogP contribution in [-0.4, -0.2) is 0 Å². The first-order valence-corrected chi connectivity index (χ1v) is 8.24. The Labute approximate surface area is 125 Å². The summed E-state index contributed by atoms with van der Waals surface area (Å²) in [5.74, 6) is 0. The topological polar surface area (TPSA) is 0 Å². The van der Waals surface area contributed by atoms with Crippen LogP contribution < -0.4 is 5.30 Å². The molecule has 0 radical (unpaired) electrons. The van der Waals surface area contributed by atoms with Crippen molar-refractivity contribution in [3.63, 3.8) is 0 Å². The maximum absolute atomic E-state index is 2.94. The third-order valence-electron chi connectivity index (χ3n) is 4.09. The summed E-state index contributed by atoms with van der Waals surface area (Å²) in [4.78, 5) is 0. The zero-order valence-corrected chi connectivity index (χ0v) is 14.0. The van der Waals surface area contributed by atoms with Crippen LogP contribution in [0.1, 0.15) is 48.6 Å². The van der Waals surface area contributed by atoms with Crippen molar-refractivity contribution in [1.82, 2.24) is 0 Å². The predicted octanol–water partition coefficient (Wildman–Crippen LogP) is 4.47. The van der Waals surface area contributed by atoms with E-state index in [9.17, 15) is 0 Å². The van der Waals surface area contributed by atoms with Gasteiger partial charge >= 0.3 is 0 Å². The molecule has 2 aromatic rings. The molecule has 0 aromatic heterocycles. The summed E-state index contributed by atoms with van der Waals surface area (Å²) in [5, 5.41) is 1.38. The van der Waals surface area contributed by atoms with Crippen LogP contribution in [0, 0.1) is 0 Å². The van der Waals surface area contributed by atoms with Crippen molar-refractivity contribution in [2.75, 3.05) is 0 Å². The molecule has 2 aromatic carbocycles. The molecule has 0 nitrogen and oxygen atoms in total. The molecule has 0 spiro atoms. The van der Waals surface area contributed by atoms with Crippen molar-refractivity contribution in [2.45, 2.75) is 46.5 Å². The Morgan fingerprint density at radius 2 is 1.40 bits per heavy atom. The average molecular weight is 284 g/mol. The van der Waals surface area contributed by atoms with Gasteiger partial charge in [-0.2, -0.15) is 0 Å². The Morgan fingerprint density at radius 3 is 1.95 bits per heavy atom. The van der Waals surface area contributed by atoms with Gasteiger partial charge in [0.05, 0.1) is 0 Å². The van der Waals surface area contributed by atoms with Crippen molar-refractivity contribution in [3.8, 4) is 0 Å². The summed E-state index contributed by atoms with van der Waals surface area (Å²) in [7, 11) is 2.94. The van der Waals surface area contributed by atoms with Crippen LogP contribution in [0.2, 0.25) is 0 Å².